The fourth-order valence-electron chi connectivity index (χ4n) is 6.39. The first kappa shape index (κ1) is 42.9. The first-order valence-corrected chi connectivity index (χ1v) is 18.8. The molecule has 0 bridgehead atoms. The molecule has 0 amide bonds. The maximum absolute atomic E-state index is 12.2. The van der Waals surface area contributed by atoms with Crippen molar-refractivity contribution in [1.82, 2.24) is 4.98 Å². The minimum absolute atomic E-state index is 0. The van der Waals surface area contributed by atoms with Crippen molar-refractivity contribution >= 4 is 27.5 Å². The largest absolute Gasteiger partial charge is 0.512 e. The van der Waals surface area contributed by atoms with E-state index in [0.717, 1.165) is 65.7 Å². The van der Waals surface area contributed by atoms with Gasteiger partial charge in [0.05, 0.1) is 0 Å². The SMILES string of the molecule is CC(C)(C)Cc1cccc2oc(-c3ccnc(-c4[c-]c5ccccc5c(C(C)(C)C)c4)c3)cc12.CCC(C)(CC)C(=O)/C=C(\O)C(C)(CC)CC.[Ir]. The average molecular weight is 879 g/mol. The van der Waals surface area contributed by atoms with Gasteiger partial charge in [0.25, 0.3) is 0 Å². The first-order valence-electron chi connectivity index (χ1n) is 18.8. The van der Waals surface area contributed by atoms with Gasteiger partial charge in [0.2, 0.25) is 0 Å². The van der Waals surface area contributed by atoms with E-state index in [2.05, 4.69) is 108 Å². The van der Waals surface area contributed by atoms with Crippen LogP contribution in [0.15, 0.2) is 89.2 Å². The van der Waals surface area contributed by atoms with Gasteiger partial charge in [-0.05, 0) is 66.7 Å². The van der Waals surface area contributed by atoms with E-state index in [1.165, 1.54) is 28.0 Å². The molecule has 2 heterocycles. The zero-order chi connectivity index (χ0) is 37.8. The second-order valence-corrected chi connectivity index (χ2v) is 16.9. The second kappa shape index (κ2) is 17.1. The van der Waals surface area contributed by atoms with Crippen LogP contribution < -0.4 is 0 Å². The Hall–Kier alpha value is -3.53. The molecule has 0 atom stereocenters. The maximum Gasteiger partial charge on any atom is 0.164 e. The molecule has 0 aliphatic carbocycles. The Bertz CT molecular complexity index is 2000. The molecule has 0 unspecified atom stereocenters. The van der Waals surface area contributed by atoms with Gasteiger partial charge in [-0.15, -0.1) is 29.1 Å². The summed E-state index contributed by atoms with van der Waals surface area (Å²) in [5, 5.41) is 13.7. The molecule has 0 saturated heterocycles. The third-order valence-electron chi connectivity index (χ3n) is 10.9. The van der Waals surface area contributed by atoms with Crippen LogP contribution in [0.5, 0.6) is 0 Å². The predicted molar refractivity (Wildman–Crippen MR) is 216 cm³/mol. The number of allylic oxidation sites excluding steroid dienone is 2. The molecule has 1 radical (unpaired) electrons. The van der Waals surface area contributed by atoms with Crippen LogP contribution in [-0.4, -0.2) is 15.9 Å². The van der Waals surface area contributed by atoms with Crippen molar-refractivity contribution in [3.63, 3.8) is 0 Å². The van der Waals surface area contributed by atoms with Gasteiger partial charge in [-0.1, -0.05) is 130 Å². The summed E-state index contributed by atoms with van der Waals surface area (Å²) in [5.74, 6) is 1.16. The van der Waals surface area contributed by atoms with Crippen molar-refractivity contribution in [3.05, 3.63) is 102 Å². The number of furan rings is 1. The number of carbonyl (C=O) groups excluding carboxylic acids is 1. The molecule has 281 valence electrons. The van der Waals surface area contributed by atoms with E-state index in [1.807, 2.05) is 53.8 Å². The monoisotopic (exact) mass is 879 g/mol. The normalized spacial score (nSPS) is 12.7. The summed E-state index contributed by atoms with van der Waals surface area (Å²) in [4.78, 5) is 16.9. The standard InChI is InChI=1S/C32H32NO.C15H28O2.Ir/c1-31(2,3)20-23-11-9-13-29-26(23)19-30(34-29)22-14-15-33-28(18-22)24-16-21-10-7-8-12-25(21)27(17-24)32(4,5)6;1-7-14(5,8-2)12(16)11-13(17)15(6,9-3)10-4;/h7-15,17-19H,20H2,1-6H3;11,16H,7-10H2,1-6H3;/q-1;;/b;12-11-;. The van der Waals surface area contributed by atoms with Crippen LogP contribution >= 0.6 is 0 Å². The number of nitrogens with zero attached hydrogens (tertiary/aromatic N) is 1. The Labute approximate surface area is 326 Å². The molecule has 5 rings (SSSR count). The molecular weight excluding hydrogens is 819 g/mol. The molecule has 4 nitrogen and oxygen atoms in total. The van der Waals surface area contributed by atoms with Crippen molar-refractivity contribution < 1.29 is 34.4 Å². The Balaban J connectivity index is 0.000000347. The Morgan fingerprint density at radius 3 is 2.02 bits per heavy atom. The average Bonchev–Trinajstić information content (AvgIpc) is 3.55. The quantitative estimate of drug-likeness (QED) is 0.0862. The van der Waals surface area contributed by atoms with E-state index in [-0.39, 0.29) is 53.3 Å². The molecule has 0 fully saturated rings. The summed E-state index contributed by atoms with van der Waals surface area (Å²) in [5.41, 5.74) is 6.14. The van der Waals surface area contributed by atoms with Gasteiger partial charge in [-0.2, -0.15) is 0 Å². The maximum atomic E-state index is 12.2. The Morgan fingerprint density at radius 1 is 0.788 bits per heavy atom. The number of aromatic nitrogens is 1. The van der Waals surface area contributed by atoms with E-state index in [4.69, 9.17) is 9.40 Å². The van der Waals surface area contributed by atoms with E-state index in [0.29, 0.717) is 0 Å². The van der Waals surface area contributed by atoms with Gasteiger partial charge in [0.15, 0.2) is 5.78 Å². The number of ketones is 1. The van der Waals surface area contributed by atoms with Gasteiger partial charge in [-0.3, -0.25) is 9.78 Å². The smallest absolute Gasteiger partial charge is 0.164 e. The molecule has 0 saturated carbocycles. The van der Waals surface area contributed by atoms with Crippen molar-refractivity contribution in [3.8, 4) is 22.6 Å². The molecule has 0 spiro atoms. The number of carbonyl (C=O) groups is 1. The van der Waals surface area contributed by atoms with E-state index < -0.39 is 0 Å². The van der Waals surface area contributed by atoms with Gasteiger partial charge < -0.3 is 9.52 Å². The molecule has 0 aliphatic rings. The Morgan fingerprint density at radius 2 is 1.42 bits per heavy atom. The molecule has 2 aromatic heterocycles. The third-order valence-corrected chi connectivity index (χ3v) is 10.9. The van der Waals surface area contributed by atoms with Gasteiger partial charge in [0, 0.05) is 59.9 Å². The number of hydrogen-bond donors (Lipinski definition) is 1. The number of pyridine rings is 1. The predicted octanol–water partition coefficient (Wildman–Crippen LogP) is 13.6. The summed E-state index contributed by atoms with van der Waals surface area (Å²) in [6.07, 6.45) is 7.63. The van der Waals surface area contributed by atoms with E-state index in [1.54, 1.807) is 0 Å². The second-order valence-electron chi connectivity index (χ2n) is 16.9. The van der Waals surface area contributed by atoms with Gasteiger partial charge >= 0.3 is 0 Å². The molecule has 0 aliphatic heterocycles. The third kappa shape index (κ3) is 9.91. The van der Waals surface area contributed by atoms with Crippen LogP contribution in [0.4, 0.5) is 0 Å². The number of aliphatic hydroxyl groups excluding tert-OH is 1. The number of rotatable bonds is 10. The minimum atomic E-state index is -0.337. The van der Waals surface area contributed by atoms with Crippen molar-refractivity contribution in [2.45, 2.75) is 121 Å². The zero-order valence-corrected chi connectivity index (χ0v) is 36.0. The Kier molecular flexibility index (Phi) is 14.1. The van der Waals surface area contributed by atoms with E-state index >= 15 is 0 Å². The zero-order valence-electron chi connectivity index (χ0n) is 33.6. The van der Waals surface area contributed by atoms with Crippen molar-refractivity contribution in [1.29, 1.82) is 0 Å². The summed E-state index contributed by atoms with van der Waals surface area (Å²) in [6, 6.07) is 27.0. The number of fused-ring (bicyclic) bond motifs is 2. The molecule has 52 heavy (non-hydrogen) atoms. The van der Waals surface area contributed by atoms with Crippen LogP contribution in [0.3, 0.4) is 0 Å². The summed E-state index contributed by atoms with van der Waals surface area (Å²) in [6.45, 7) is 25.7. The topological polar surface area (TPSA) is 63.3 Å². The minimum Gasteiger partial charge on any atom is -0.512 e. The summed E-state index contributed by atoms with van der Waals surface area (Å²) >= 11 is 0. The van der Waals surface area contributed by atoms with Gasteiger partial charge in [0.1, 0.15) is 17.1 Å². The fraction of sp³-hybridized carbons (Fsp3) is 0.447. The van der Waals surface area contributed by atoms with Crippen LogP contribution in [0.2, 0.25) is 0 Å². The van der Waals surface area contributed by atoms with Crippen molar-refractivity contribution in [2.75, 3.05) is 0 Å². The molecule has 1 N–H and O–H groups in total. The molecule has 5 heteroatoms. The first-order chi connectivity index (χ1) is 23.9. The van der Waals surface area contributed by atoms with Gasteiger partial charge in [-0.25, -0.2) is 0 Å². The van der Waals surface area contributed by atoms with Crippen LogP contribution in [0.25, 0.3) is 44.3 Å². The van der Waals surface area contributed by atoms with Crippen LogP contribution in [0.1, 0.15) is 120 Å². The molecule has 5 aromatic rings. The number of benzene rings is 3. The molecular formula is C47H60IrNO3-. The van der Waals surface area contributed by atoms with E-state index in [9.17, 15) is 9.90 Å². The summed E-state index contributed by atoms with van der Waals surface area (Å²) < 4.78 is 6.31. The van der Waals surface area contributed by atoms with Crippen molar-refractivity contribution in [2.24, 2.45) is 16.2 Å². The number of aliphatic hydroxyl groups is 1. The molecule has 3 aromatic carbocycles. The number of hydrogen-bond acceptors (Lipinski definition) is 4. The van der Waals surface area contributed by atoms with Crippen LogP contribution in [0, 0.1) is 22.3 Å². The van der Waals surface area contributed by atoms with Crippen LogP contribution in [-0.2, 0) is 36.7 Å². The fourth-order valence-corrected chi connectivity index (χ4v) is 6.39. The summed E-state index contributed by atoms with van der Waals surface area (Å²) in [7, 11) is 0.